The van der Waals surface area contributed by atoms with Crippen molar-refractivity contribution in [2.75, 3.05) is 24.7 Å². The van der Waals surface area contributed by atoms with Gasteiger partial charge in [-0.25, -0.2) is 4.98 Å². The first-order valence-electron chi connectivity index (χ1n) is 5.71. The molecule has 0 amide bonds. The number of rotatable bonds is 3. The van der Waals surface area contributed by atoms with Gasteiger partial charge in [0, 0.05) is 19.1 Å². The lowest BCUT2D eigenvalue weighted by Gasteiger charge is -2.30. The molecule has 0 radical (unpaired) electrons. The van der Waals surface area contributed by atoms with Gasteiger partial charge < -0.3 is 5.32 Å². The molecular weight excluding hydrogens is 270 g/mol. The topological polar surface area (TPSA) is 64.8 Å². The van der Waals surface area contributed by atoms with Crippen LogP contribution in [0, 0.1) is 11.3 Å². The number of hydrogen-bond acceptors (Lipinski definition) is 6. The maximum absolute atomic E-state index is 8.74. The van der Waals surface area contributed by atoms with Crippen LogP contribution in [-0.2, 0) is 0 Å². The monoisotopic (exact) mass is 283 g/mol. The maximum atomic E-state index is 8.74. The molecule has 1 aliphatic rings. The third-order valence-corrected chi connectivity index (χ3v) is 4.08. The highest BCUT2D eigenvalue weighted by molar-refractivity contribution is 7.96. The van der Waals surface area contributed by atoms with E-state index in [1.807, 2.05) is 6.07 Å². The summed E-state index contributed by atoms with van der Waals surface area (Å²) in [5.74, 6) is 0.501. The number of nitriles is 1. The molecule has 0 aromatic carbocycles. The quantitative estimate of drug-likeness (QED) is 0.677. The van der Waals surface area contributed by atoms with Gasteiger partial charge in [0.15, 0.2) is 5.15 Å². The number of nitrogens with zero attached hydrogens (tertiary/aromatic N) is 4. The summed E-state index contributed by atoms with van der Waals surface area (Å²) in [4.78, 5) is 8.17. The highest BCUT2D eigenvalue weighted by atomic mass is 35.5. The molecule has 1 saturated heterocycles. The zero-order valence-electron chi connectivity index (χ0n) is 10.1. The minimum absolute atomic E-state index is 0.205. The van der Waals surface area contributed by atoms with E-state index in [4.69, 9.17) is 16.9 Å². The average Bonchev–Trinajstić information content (AvgIpc) is 2.40. The van der Waals surface area contributed by atoms with Gasteiger partial charge in [0.2, 0.25) is 5.95 Å². The zero-order chi connectivity index (χ0) is 13.0. The van der Waals surface area contributed by atoms with Crippen LogP contribution in [0.2, 0.25) is 5.15 Å². The first-order chi connectivity index (χ1) is 8.72. The lowest BCUT2D eigenvalue weighted by Crippen LogP contribution is -2.35. The molecule has 1 aliphatic heterocycles. The molecule has 0 atom stereocenters. The van der Waals surface area contributed by atoms with Crippen LogP contribution in [0.5, 0.6) is 0 Å². The summed E-state index contributed by atoms with van der Waals surface area (Å²) in [6.45, 7) is 2.12. The molecule has 7 heteroatoms. The fraction of sp³-hybridized carbons (Fsp3) is 0.545. The minimum atomic E-state index is 0.205. The number of nitrogens with one attached hydrogen (secondary N) is 1. The third-order valence-electron chi connectivity index (χ3n) is 2.91. The molecule has 2 rings (SSSR count). The van der Waals surface area contributed by atoms with E-state index in [0.717, 1.165) is 25.9 Å². The Morgan fingerprint density at radius 2 is 2.28 bits per heavy atom. The Hall–Kier alpha value is -1.03. The van der Waals surface area contributed by atoms with E-state index in [2.05, 4.69) is 25.8 Å². The van der Waals surface area contributed by atoms with Crippen LogP contribution in [0.25, 0.3) is 0 Å². The van der Waals surface area contributed by atoms with Crippen molar-refractivity contribution in [3.8, 4) is 6.07 Å². The summed E-state index contributed by atoms with van der Waals surface area (Å²) in [6, 6.07) is 2.32. The predicted octanol–water partition coefficient (Wildman–Crippen LogP) is 2.16. The Morgan fingerprint density at radius 1 is 1.56 bits per heavy atom. The van der Waals surface area contributed by atoms with E-state index in [1.165, 1.54) is 6.20 Å². The van der Waals surface area contributed by atoms with Gasteiger partial charge in [0.05, 0.1) is 6.20 Å². The van der Waals surface area contributed by atoms with Gasteiger partial charge >= 0.3 is 0 Å². The summed E-state index contributed by atoms with van der Waals surface area (Å²) in [5.41, 5.74) is 0.305. The highest BCUT2D eigenvalue weighted by Crippen LogP contribution is 2.19. The van der Waals surface area contributed by atoms with Gasteiger partial charge in [-0.15, -0.1) is 0 Å². The van der Waals surface area contributed by atoms with E-state index in [-0.39, 0.29) is 5.15 Å². The fourth-order valence-electron chi connectivity index (χ4n) is 1.87. The molecule has 1 N–H and O–H groups in total. The Morgan fingerprint density at radius 3 is 2.83 bits per heavy atom. The van der Waals surface area contributed by atoms with Crippen LogP contribution in [-0.4, -0.2) is 39.7 Å². The van der Waals surface area contributed by atoms with Crippen molar-refractivity contribution in [2.45, 2.75) is 18.9 Å². The number of piperidine rings is 1. The van der Waals surface area contributed by atoms with Gasteiger partial charge in [-0.05, 0) is 19.1 Å². The molecule has 0 saturated carbocycles. The molecule has 0 bridgehead atoms. The average molecular weight is 284 g/mol. The second kappa shape index (κ2) is 6.23. The van der Waals surface area contributed by atoms with Crippen LogP contribution >= 0.6 is 23.5 Å². The summed E-state index contributed by atoms with van der Waals surface area (Å²) in [7, 11) is 0. The van der Waals surface area contributed by atoms with Crippen molar-refractivity contribution in [1.82, 2.24) is 14.3 Å². The van der Waals surface area contributed by atoms with Crippen molar-refractivity contribution in [2.24, 2.45) is 0 Å². The van der Waals surface area contributed by atoms with Crippen LogP contribution in [0.3, 0.4) is 0 Å². The largest absolute Gasteiger partial charge is 0.351 e. The highest BCUT2D eigenvalue weighted by Gasteiger charge is 2.19. The summed E-state index contributed by atoms with van der Waals surface area (Å²) in [6.07, 6.45) is 5.66. The number of halogens is 1. The molecule has 0 aliphatic carbocycles. The van der Waals surface area contributed by atoms with E-state index in [1.54, 1.807) is 11.9 Å². The standard InChI is InChI=1S/C11H14ClN5S/c1-18-17-4-2-9(3-5-17)15-11-14-7-8(6-13)10(12)16-11/h7,9H,2-5H2,1H3,(H,14,15,16). The van der Waals surface area contributed by atoms with Gasteiger partial charge in [-0.2, -0.15) is 10.2 Å². The molecule has 2 heterocycles. The third kappa shape index (κ3) is 3.25. The smallest absolute Gasteiger partial charge is 0.224 e. The Balaban J connectivity index is 1.94. The lowest BCUT2D eigenvalue weighted by molar-refractivity contribution is 0.358. The molecule has 18 heavy (non-hydrogen) atoms. The maximum Gasteiger partial charge on any atom is 0.224 e. The number of hydrogen-bond donors (Lipinski definition) is 1. The Kier molecular flexibility index (Phi) is 4.64. The molecule has 5 nitrogen and oxygen atoms in total. The molecule has 96 valence electrons. The summed E-state index contributed by atoms with van der Waals surface area (Å²) < 4.78 is 2.34. The lowest BCUT2D eigenvalue weighted by atomic mass is 10.1. The van der Waals surface area contributed by atoms with Crippen LogP contribution in [0.1, 0.15) is 18.4 Å². The van der Waals surface area contributed by atoms with Crippen LogP contribution in [0.4, 0.5) is 5.95 Å². The minimum Gasteiger partial charge on any atom is -0.351 e. The van der Waals surface area contributed by atoms with Gasteiger partial charge in [-0.3, -0.25) is 4.31 Å². The SMILES string of the molecule is CSN1CCC(Nc2ncc(C#N)c(Cl)n2)CC1. The number of anilines is 1. The molecule has 1 aromatic rings. The number of aromatic nitrogens is 2. The summed E-state index contributed by atoms with van der Waals surface area (Å²) >= 11 is 7.65. The second-order valence-corrected chi connectivity index (χ2v) is 5.28. The van der Waals surface area contributed by atoms with Gasteiger partial charge in [-0.1, -0.05) is 23.5 Å². The van der Waals surface area contributed by atoms with Gasteiger partial charge in [0.1, 0.15) is 11.6 Å². The summed E-state index contributed by atoms with van der Waals surface area (Å²) in [5, 5.41) is 12.2. The van der Waals surface area contributed by atoms with E-state index < -0.39 is 0 Å². The van der Waals surface area contributed by atoms with Crippen molar-refractivity contribution < 1.29 is 0 Å². The normalized spacial score (nSPS) is 17.4. The molecule has 0 unspecified atom stereocenters. The second-order valence-electron chi connectivity index (χ2n) is 4.04. The van der Waals surface area contributed by atoms with Crippen molar-refractivity contribution in [3.63, 3.8) is 0 Å². The molecule has 0 spiro atoms. The van der Waals surface area contributed by atoms with E-state index >= 15 is 0 Å². The molecular formula is C11H14ClN5S. The Bertz CT molecular complexity index is 453. The van der Waals surface area contributed by atoms with Gasteiger partial charge in [0.25, 0.3) is 0 Å². The zero-order valence-corrected chi connectivity index (χ0v) is 11.6. The predicted molar refractivity (Wildman–Crippen MR) is 73.5 cm³/mol. The van der Waals surface area contributed by atoms with Crippen molar-refractivity contribution in [3.05, 3.63) is 16.9 Å². The van der Waals surface area contributed by atoms with Crippen molar-refractivity contribution >= 4 is 29.5 Å². The molecule has 1 fully saturated rings. The Labute approximate surface area is 116 Å². The first kappa shape index (κ1) is 13.4. The van der Waals surface area contributed by atoms with E-state index in [9.17, 15) is 0 Å². The van der Waals surface area contributed by atoms with Crippen molar-refractivity contribution in [1.29, 1.82) is 5.26 Å². The fourth-order valence-corrected chi connectivity index (χ4v) is 2.62. The van der Waals surface area contributed by atoms with Crippen LogP contribution in [0.15, 0.2) is 6.20 Å². The van der Waals surface area contributed by atoms with Crippen LogP contribution < -0.4 is 5.32 Å². The molecule has 1 aromatic heterocycles. The van der Waals surface area contributed by atoms with E-state index in [0.29, 0.717) is 17.6 Å². The first-order valence-corrected chi connectivity index (χ1v) is 7.27.